The lowest BCUT2D eigenvalue weighted by Gasteiger charge is -2.30. The maximum absolute atomic E-state index is 11.7. The molecule has 1 heterocycles. The van der Waals surface area contributed by atoms with Gasteiger partial charge in [0.25, 0.3) is 0 Å². The highest BCUT2D eigenvalue weighted by Gasteiger charge is 2.27. The van der Waals surface area contributed by atoms with Crippen LogP contribution in [0.4, 0.5) is 0 Å². The van der Waals surface area contributed by atoms with Crippen LogP contribution in [0, 0.1) is 5.92 Å². The van der Waals surface area contributed by atoms with E-state index >= 15 is 0 Å². The van der Waals surface area contributed by atoms with Gasteiger partial charge in [-0.15, -0.1) is 11.8 Å². The van der Waals surface area contributed by atoms with E-state index in [0.717, 1.165) is 0 Å². The minimum atomic E-state index is -0.174. The van der Waals surface area contributed by atoms with Crippen molar-refractivity contribution in [2.45, 2.75) is 12.8 Å². The van der Waals surface area contributed by atoms with E-state index in [0.29, 0.717) is 37.4 Å². The van der Waals surface area contributed by atoms with Gasteiger partial charge in [-0.05, 0) is 12.8 Å². The van der Waals surface area contributed by atoms with Gasteiger partial charge in [0.1, 0.15) is 0 Å². The zero-order valence-electron chi connectivity index (χ0n) is 10.1. The molecule has 17 heavy (non-hydrogen) atoms. The highest BCUT2D eigenvalue weighted by molar-refractivity contribution is 7.99. The summed E-state index contributed by atoms with van der Waals surface area (Å²) in [5, 5.41) is 8.62. The van der Waals surface area contributed by atoms with Gasteiger partial charge in [-0.25, -0.2) is 0 Å². The lowest BCUT2D eigenvalue weighted by atomic mass is 9.97. The molecule has 1 saturated heterocycles. The summed E-state index contributed by atoms with van der Waals surface area (Å²) < 4.78 is 4.69. The van der Waals surface area contributed by atoms with Crippen LogP contribution in [0.15, 0.2) is 0 Å². The van der Waals surface area contributed by atoms with E-state index in [9.17, 15) is 9.59 Å². The summed E-state index contributed by atoms with van der Waals surface area (Å²) in [4.78, 5) is 24.8. The number of rotatable bonds is 5. The fourth-order valence-electron chi connectivity index (χ4n) is 1.85. The lowest BCUT2D eigenvalue weighted by molar-refractivity contribution is -0.148. The highest BCUT2D eigenvalue weighted by atomic mass is 32.2. The first-order valence-corrected chi connectivity index (χ1v) is 6.88. The molecule has 1 aliphatic rings. The number of esters is 1. The van der Waals surface area contributed by atoms with Crippen molar-refractivity contribution in [2.24, 2.45) is 5.92 Å². The Bertz CT molecular complexity index is 264. The molecule has 0 atom stereocenters. The third-order valence-corrected chi connectivity index (χ3v) is 3.77. The number of amides is 1. The molecule has 5 nitrogen and oxygen atoms in total. The van der Waals surface area contributed by atoms with Crippen LogP contribution in [0.2, 0.25) is 0 Å². The van der Waals surface area contributed by atoms with E-state index in [1.165, 1.54) is 18.9 Å². The van der Waals surface area contributed by atoms with E-state index in [1.807, 2.05) is 0 Å². The molecule has 1 N–H and O–H groups in total. The van der Waals surface area contributed by atoms with Crippen LogP contribution < -0.4 is 0 Å². The number of carbonyl (C=O) groups excluding carboxylic acids is 2. The second-order valence-electron chi connectivity index (χ2n) is 3.95. The molecule has 0 aromatic heterocycles. The predicted molar refractivity (Wildman–Crippen MR) is 65.7 cm³/mol. The number of nitrogens with zero attached hydrogens (tertiary/aromatic N) is 1. The van der Waals surface area contributed by atoms with Crippen molar-refractivity contribution in [3.8, 4) is 0 Å². The Hall–Kier alpha value is -0.750. The number of ether oxygens (including phenoxy) is 1. The number of aliphatic hydroxyl groups is 1. The Balaban J connectivity index is 2.26. The molecule has 0 aromatic carbocycles. The second-order valence-corrected chi connectivity index (χ2v) is 5.06. The van der Waals surface area contributed by atoms with Gasteiger partial charge in [-0.2, -0.15) is 0 Å². The van der Waals surface area contributed by atoms with Crippen molar-refractivity contribution >= 4 is 23.6 Å². The molecule has 1 fully saturated rings. The summed E-state index contributed by atoms with van der Waals surface area (Å²) in [6.07, 6.45) is 1.37. The van der Waals surface area contributed by atoms with Gasteiger partial charge in [0.15, 0.2) is 0 Å². The van der Waals surface area contributed by atoms with E-state index in [1.54, 1.807) is 4.90 Å². The summed E-state index contributed by atoms with van der Waals surface area (Å²) in [5.41, 5.74) is 0. The van der Waals surface area contributed by atoms with Crippen LogP contribution in [-0.2, 0) is 14.3 Å². The monoisotopic (exact) mass is 261 g/mol. The topological polar surface area (TPSA) is 66.8 Å². The molecule has 1 amide bonds. The maximum Gasteiger partial charge on any atom is 0.308 e. The number of piperidine rings is 1. The van der Waals surface area contributed by atoms with Crippen LogP contribution in [0.25, 0.3) is 0 Å². The molecule has 1 rings (SSSR count). The smallest absolute Gasteiger partial charge is 0.308 e. The predicted octanol–water partition coefficient (Wildman–Crippen LogP) is 0.123. The van der Waals surface area contributed by atoms with Crippen molar-refractivity contribution in [1.29, 1.82) is 0 Å². The second kappa shape index (κ2) is 7.55. The summed E-state index contributed by atoms with van der Waals surface area (Å²) >= 11 is 1.43. The molecule has 0 aromatic rings. The quantitative estimate of drug-likeness (QED) is 0.562. The Labute approximate surface area is 105 Å². The van der Waals surface area contributed by atoms with E-state index in [-0.39, 0.29) is 24.4 Å². The van der Waals surface area contributed by atoms with Gasteiger partial charge >= 0.3 is 5.97 Å². The highest BCUT2D eigenvalue weighted by Crippen LogP contribution is 2.19. The number of hydrogen-bond donors (Lipinski definition) is 1. The molecule has 6 heteroatoms. The average Bonchev–Trinajstić information content (AvgIpc) is 2.38. The average molecular weight is 261 g/mol. The summed E-state index contributed by atoms with van der Waals surface area (Å²) in [6, 6.07) is 0. The van der Waals surface area contributed by atoms with Crippen molar-refractivity contribution in [3.63, 3.8) is 0 Å². The zero-order valence-corrected chi connectivity index (χ0v) is 10.9. The molecule has 1 aliphatic heterocycles. The third-order valence-electron chi connectivity index (χ3n) is 2.84. The number of likely N-dealkylation sites (tertiary alicyclic amines) is 1. The normalized spacial score (nSPS) is 16.9. The van der Waals surface area contributed by atoms with Gasteiger partial charge in [0.05, 0.1) is 25.4 Å². The fourth-order valence-corrected chi connectivity index (χ4v) is 2.48. The minimum Gasteiger partial charge on any atom is -0.469 e. The molecular formula is C11H19NO4S. The molecule has 0 saturated carbocycles. The first-order chi connectivity index (χ1) is 8.19. The Morgan fingerprint density at radius 2 is 2.06 bits per heavy atom. The van der Waals surface area contributed by atoms with Crippen LogP contribution in [0.3, 0.4) is 0 Å². The number of carbonyl (C=O) groups is 2. The van der Waals surface area contributed by atoms with Gasteiger partial charge < -0.3 is 14.7 Å². The van der Waals surface area contributed by atoms with Gasteiger partial charge in [0.2, 0.25) is 5.91 Å². The van der Waals surface area contributed by atoms with E-state index in [4.69, 9.17) is 9.84 Å². The van der Waals surface area contributed by atoms with Crippen LogP contribution in [-0.4, -0.2) is 60.2 Å². The maximum atomic E-state index is 11.7. The molecular weight excluding hydrogens is 242 g/mol. The van der Waals surface area contributed by atoms with Crippen LogP contribution >= 0.6 is 11.8 Å². The lowest BCUT2D eigenvalue weighted by Crippen LogP contribution is -2.41. The standard InChI is InChI=1S/C11H19NO4S/c1-16-11(15)9-2-4-12(5-3-9)10(14)8-17-7-6-13/h9,13H,2-8H2,1H3. The summed E-state index contributed by atoms with van der Waals surface area (Å²) in [5.74, 6) is 0.848. The first-order valence-electron chi connectivity index (χ1n) is 5.73. The number of aliphatic hydroxyl groups excluding tert-OH is 1. The SMILES string of the molecule is COC(=O)C1CCN(C(=O)CSCCO)CC1. The number of methoxy groups -OCH3 is 1. The Kier molecular flexibility index (Phi) is 6.36. The Morgan fingerprint density at radius 1 is 1.41 bits per heavy atom. The van der Waals surface area contributed by atoms with Crippen molar-refractivity contribution in [1.82, 2.24) is 4.90 Å². The van der Waals surface area contributed by atoms with Crippen molar-refractivity contribution in [3.05, 3.63) is 0 Å². The summed E-state index contributed by atoms with van der Waals surface area (Å²) in [6.45, 7) is 1.35. The molecule has 0 bridgehead atoms. The molecule has 0 spiro atoms. The minimum absolute atomic E-state index is 0.0610. The molecule has 0 unspecified atom stereocenters. The van der Waals surface area contributed by atoms with Crippen LogP contribution in [0.5, 0.6) is 0 Å². The largest absolute Gasteiger partial charge is 0.469 e. The molecule has 0 aliphatic carbocycles. The molecule has 98 valence electrons. The number of thioether (sulfide) groups is 1. The van der Waals surface area contributed by atoms with Gasteiger partial charge in [-0.3, -0.25) is 9.59 Å². The van der Waals surface area contributed by atoms with Gasteiger partial charge in [0, 0.05) is 18.8 Å². The summed E-state index contributed by atoms with van der Waals surface area (Å²) in [7, 11) is 1.39. The first kappa shape index (κ1) is 14.3. The Morgan fingerprint density at radius 3 is 2.59 bits per heavy atom. The van der Waals surface area contributed by atoms with E-state index < -0.39 is 0 Å². The van der Waals surface area contributed by atoms with Gasteiger partial charge in [-0.1, -0.05) is 0 Å². The van der Waals surface area contributed by atoms with Crippen molar-refractivity contribution < 1.29 is 19.4 Å². The number of hydrogen-bond acceptors (Lipinski definition) is 5. The molecule has 0 radical (unpaired) electrons. The van der Waals surface area contributed by atoms with E-state index in [2.05, 4.69) is 0 Å². The van der Waals surface area contributed by atoms with Crippen LogP contribution in [0.1, 0.15) is 12.8 Å². The van der Waals surface area contributed by atoms with Crippen molar-refractivity contribution in [2.75, 3.05) is 38.3 Å². The zero-order chi connectivity index (χ0) is 12.7. The third kappa shape index (κ3) is 4.55. The fraction of sp³-hybridized carbons (Fsp3) is 0.818.